The minimum Gasteiger partial charge on any atom is -0.335 e. The van der Waals surface area contributed by atoms with Crippen LogP contribution in [-0.2, 0) is 19.8 Å². The van der Waals surface area contributed by atoms with Gasteiger partial charge in [0.25, 0.3) is 5.91 Å². The molecule has 0 aliphatic heterocycles. The third-order valence-corrected chi connectivity index (χ3v) is 4.41. The van der Waals surface area contributed by atoms with Gasteiger partial charge < -0.3 is 4.90 Å². The summed E-state index contributed by atoms with van der Waals surface area (Å²) in [6.45, 7) is 0.129. The highest BCUT2D eigenvalue weighted by molar-refractivity contribution is 7.18. The van der Waals surface area contributed by atoms with Gasteiger partial charge in [-0.2, -0.15) is 18.3 Å². The summed E-state index contributed by atoms with van der Waals surface area (Å²) in [6.07, 6.45) is -3.59. The number of nitrogens with zero attached hydrogens (tertiary/aromatic N) is 4. The monoisotopic (exact) mass is 354 g/mol. The van der Waals surface area contributed by atoms with Gasteiger partial charge in [0.05, 0.1) is 22.3 Å². The number of benzene rings is 1. The molecule has 0 saturated heterocycles. The highest BCUT2D eigenvalue weighted by atomic mass is 32.1. The van der Waals surface area contributed by atoms with E-state index in [1.807, 2.05) is 24.3 Å². The van der Waals surface area contributed by atoms with Crippen molar-refractivity contribution in [3.8, 4) is 0 Å². The fraction of sp³-hybridized carbons (Fsp3) is 0.267. The van der Waals surface area contributed by atoms with Crippen LogP contribution in [0.5, 0.6) is 0 Å². The molecule has 0 bridgehead atoms. The fourth-order valence-electron chi connectivity index (χ4n) is 2.32. The maximum Gasteiger partial charge on any atom is 0.435 e. The topological polar surface area (TPSA) is 51.0 Å². The van der Waals surface area contributed by atoms with E-state index in [0.29, 0.717) is 5.01 Å². The number of aromatic nitrogens is 3. The van der Waals surface area contributed by atoms with Gasteiger partial charge in [-0.25, -0.2) is 4.98 Å². The molecule has 0 unspecified atom stereocenters. The summed E-state index contributed by atoms with van der Waals surface area (Å²) < 4.78 is 40.9. The largest absolute Gasteiger partial charge is 0.435 e. The average molecular weight is 354 g/mol. The summed E-state index contributed by atoms with van der Waals surface area (Å²) in [6, 6.07) is 7.48. The van der Waals surface area contributed by atoms with Crippen LogP contribution in [0.2, 0.25) is 0 Å². The van der Waals surface area contributed by atoms with Crippen molar-refractivity contribution in [2.24, 2.45) is 7.05 Å². The Bertz CT molecular complexity index is 867. The smallest absolute Gasteiger partial charge is 0.335 e. The minimum atomic E-state index is -4.68. The molecule has 0 aliphatic rings. The lowest BCUT2D eigenvalue weighted by Crippen LogP contribution is -2.28. The second kappa shape index (κ2) is 5.90. The second-order valence-electron chi connectivity index (χ2n) is 5.30. The van der Waals surface area contributed by atoms with Crippen molar-refractivity contribution in [3.05, 3.63) is 46.7 Å². The Hall–Kier alpha value is -2.42. The zero-order valence-corrected chi connectivity index (χ0v) is 13.6. The summed E-state index contributed by atoms with van der Waals surface area (Å²) in [5.74, 6) is -0.741. The lowest BCUT2D eigenvalue weighted by molar-refractivity contribution is -0.141. The molecule has 126 valence electrons. The number of para-hydroxylation sites is 1. The Morgan fingerprint density at radius 1 is 1.33 bits per heavy atom. The van der Waals surface area contributed by atoms with Crippen LogP contribution in [0.1, 0.15) is 21.1 Å². The molecule has 0 spiro atoms. The number of hydrogen-bond donors (Lipinski definition) is 0. The third kappa shape index (κ3) is 3.12. The predicted octanol–water partition coefficient (Wildman–Crippen LogP) is 3.32. The van der Waals surface area contributed by atoms with Crippen molar-refractivity contribution >= 4 is 27.5 Å². The van der Waals surface area contributed by atoms with Gasteiger partial charge in [0.1, 0.15) is 5.01 Å². The number of hydrogen-bond acceptors (Lipinski definition) is 4. The standard InChI is InChI=1S/C15H13F3N4OS/c1-21(8-12-19-10-5-3-4-6-11(10)24-12)14(23)9-7-22(2)20-13(9)15(16,17)18/h3-7H,8H2,1-2H3. The Kier molecular flexibility index (Phi) is 4.04. The summed E-state index contributed by atoms with van der Waals surface area (Å²) in [4.78, 5) is 18.0. The molecule has 9 heteroatoms. The molecule has 24 heavy (non-hydrogen) atoms. The molecule has 0 saturated carbocycles. The van der Waals surface area contributed by atoms with Gasteiger partial charge in [0.15, 0.2) is 5.69 Å². The van der Waals surface area contributed by atoms with Crippen molar-refractivity contribution < 1.29 is 18.0 Å². The first-order chi connectivity index (χ1) is 11.3. The van der Waals surface area contributed by atoms with Crippen molar-refractivity contribution in [1.29, 1.82) is 0 Å². The Morgan fingerprint density at radius 2 is 2.04 bits per heavy atom. The second-order valence-corrected chi connectivity index (χ2v) is 6.41. The fourth-order valence-corrected chi connectivity index (χ4v) is 3.34. The van der Waals surface area contributed by atoms with Crippen LogP contribution in [0.4, 0.5) is 13.2 Å². The third-order valence-electron chi connectivity index (χ3n) is 3.39. The number of aryl methyl sites for hydroxylation is 1. The van der Waals surface area contributed by atoms with Crippen LogP contribution in [-0.4, -0.2) is 32.6 Å². The van der Waals surface area contributed by atoms with E-state index in [-0.39, 0.29) is 6.54 Å². The van der Waals surface area contributed by atoms with E-state index < -0.39 is 23.3 Å². The maximum atomic E-state index is 13.0. The van der Waals surface area contributed by atoms with Gasteiger partial charge in [0.2, 0.25) is 0 Å². The number of fused-ring (bicyclic) bond motifs is 1. The summed E-state index contributed by atoms with van der Waals surface area (Å²) in [7, 11) is 2.79. The van der Waals surface area contributed by atoms with E-state index in [1.165, 1.54) is 30.3 Å². The quantitative estimate of drug-likeness (QED) is 0.725. The number of carbonyl (C=O) groups excluding carboxylic acids is 1. The normalized spacial score (nSPS) is 11.9. The van der Waals surface area contributed by atoms with E-state index in [1.54, 1.807) is 0 Å². The van der Waals surface area contributed by atoms with Crippen molar-refractivity contribution in [2.45, 2.75) is 12.7 Å². The molecular weight excluding hydrogens is 341 g/mol. The molecule has 0 atom stereocenters. The molecule has 5 nitrogen and oxygen atoms in total. The Balaban J connectivity index is 1.85. The van der Waals surface area contributed by atoms with Crippen LogP contribution in [0, 0.1) is 0 Å². The molecule has 2 aromatic heterocycles. The molecule has 3 rings (SSSR count). The molecule has 0 radical (unpaired) electrons. The van der Waals surface area contributed by atoms with Gasteiger partial charge in [-0.1, -0.05) is 12.1 Å². The number of rotatable bonds is 3. The summed E-state index contributed by atoms with van der Waals surface area (Å²) in [5.41, 5.74) is -0.838. The van der Waals surface area contributed by atoms with Gasteiger partial charge in [0, 0.05) is 20.3 Å². The molecule has 0 N–H and O–H groups in total. The zero-order valence-electron chi connectivity index (χ0n) is 12.8. The van der Waals surface area contributed by atoms with Crippen LogP contribution in [0.3, 0.4) is 0 Å². The highest BCUT2D eigenvalue weighted by Crippen LogP contribution is 2.31. The summed E-state index contributed by atoms with van der Waals surface area (Å²) >= 11 is 1.41. The first-order valence-electron chi connectivity index (χ1n) is 6.96. The van der Waals surface area contributed by atoms with Crippen molar-refractivity contribution in [1.82, 2.24) is 19.7 Å². The van der Waals surface area contributed by atoms with Gasteiger partial charge in [-0.05, 0) is 12.1 Å². The van der Waals surface area contributed by atoms with E-state index >= 15 is 0 Å². The molecular formula is C15H13F3N4OS. The first kappa shape index (κ1) is 16.4. The van der Waals surface area contributed by atoms with Crippen LogP contribution < -0.4 is 0 Å². The van der Waals surface area contributed by atoms with Crippen LogP contribution >= 0.6 is 11.3 Å². The molecule has 1 amide bonds. The number of carbonyl (C=O) groups is 1. The van der Waals surface area contributed by atoms with Gasteiger partial charge in [-0.15, -0.1) is 11.3 Å². The number of alkyl halides is 3. The molecule has 0 aliphatic carbocycles. The Labute approximate surface area is 139 Å². The first-order valence-corrected chi connectivity index (χ1v) is 7.78. The van der Waals surface area contributed by atoms with Crippen LogP contribution in [0.25, 0.3) is 10.2 Å². The summed E-state index contributed by atoms with van der Waals surface area (Å²) in [5, 5.41) is 4.02. The highest BCUT2D eigenvalue weighted by Gasteiger charge is 2.39. The molecule has 0 fully saturated rings. The van der Waals surface area contributed by atoms with Crippen molar-refractivity contribution in [3.63, 3.8) is 0 Å². The van der Waals surface area contributed by atoms with Gasteiger partial charge in [-0.3, -0.25) is 9.48 Å². The number of halogens is 3. The van der Waals surface area contributed by atoms with E-state index in [4.69, 9.17) is 0 Å². The van der Waals surface area contributed by atoms with Crippen LogP contribution in [0.15, 0.2) is 30.5 Å². The number of thiazole rings is 1. The SMILES string of the molecule is CN(Cc1nc2ccccc2s1)C(=O)c1cn(C)nc1C(F)(F)F. The van der Waals surface area contributed by atoms with Gasteiger partial charge >= 0.3 is 6.18 Å². The average Bonchev–Trinajstić information content (AvgIpc) is 3.08. The predicted molar refractivity (Wildman–Crippen MR) is 83.6 cm³/mol. The van der Waals surface area contributed by atoms with E-state index in [0.717, 1.165) is 21.1 Å². The lowest BCUT2D eigenvalue weighted by Gasteiger charge is -2.15. The maximum absolute atomic E-state index is 13.0. The minimum absolute atomic E-state index is 0.129. The zero-order chi connectivity index (χ0) is 17.5. The van der Waals surface area contributed by atoms with E-state index in [9.17, 15) is 18.0 Å². The molecule has 2 heterocycles. The molecule has 1 aromatic carbocycles. The van der Waals surface area contributed by atoms with Crippen molar-refractivity contribution in [2.75, 3.05) is 7.05 Å². The molecule has 3 aromatic rings. The lowest BCUT2D eigenvalue weighted by atomic mass is 10.2. The Morgan fingerprint density at radius 3 is 2.71 bits per heavy atom. The number of amides is 1. The van der Waals surface area contributed by atoms with E-state index in [2.05, 4.69) is 10.1 Å².